The quantitative estimate of drug-likeness (QED) is 0.830. The lowest BCUT2D eigenvalue weighted by atomic mass is 10.1. The zero-order valence-corrected chi connectivity index (χ0v) is 13.2. The number of hydrogen-bond acceptors (Lipinski definition) is 3. The first-order chi connectivity index (χ1) is 10.5. The van der Waals surface area contributed by atoms with Crippen molar-refractivity contribution in [2.24, 2.45) is 0 Å². The summed E-state index contributed by atoms with van der Waals surface area (Å²) in [4.78, 5) is 12.3. The van der Waals surface area contributed by atoms with E-state index in [4.69, 9.17) is 10.5 Å². The van der Waals surface area contributed by atoms with Crippen LogP contribution in [-0.4, -0.2) is 12.0 Å². The van der Waals surface area contributed by atoms with Crippen LogP contribution in [0.3, 0.4) is 0 Å². The van der Waals surface area contributed by atoms with Crippen molar-refractivity contribution in [2.75, 3.05) is 11.1 Å². The Labute approximate surface area is 131 Å². The number of anilines is 2. The maximum absolute atomic E-state index is 12.3. The summed E-state index contributed by atoms with van der Waals surface area (Å²) < 4.78 is 5.74. The molecular weight excluding hydrogens is 276 g/mol. The van der Waals surface area contributed by atoms with Gasteiger partial charge in [0.1, 0.15) is 5.75 Å². The highest BCUT2D eigenvalue weighted by Gasteiger charge is 2.11. The average molecular weight is 298 g/mol. The maximum Gasteiger partial charge on any atom is 0.228 e. The third-order valence-corrected chi connectivity index (χ3v) is 3.22. The van der Waals surface area contributed by atoms with Crippen LogP contribution in [0, 0.1) is 6.92 Å². The number of rotatable bonds is 5. The Morgan fingerprint density at radius 3 is 2.68 bits per heavy atom. The molecule has 0 bridgehead atoms. The van der Waals surface area contributed by atoms with Crippen LogP contribution in [0.15, 0.2) is 42.5 Å². The molecule has 0 radical (unpaired) electrons. The Bertz CT molecular complexity index is 666. The van der Waals surface area contributed by atoms with Crippen molar-refractivity contribution in [1.29, 1.82) is 0 Å². The molecule has 2 aromatic rings. The fourth-order valence-corrected chi connectivity index (χ4v) is 2.16. The Hall–Kier alpha value is -2.49. The van der Waals surface area contributed by atoms with E-state index in [1.165, 1.54) is 0 Å². The Morgan fingerprint density at radius 2 is 1.95 bits per heavy atom. The van der Waals surface area contributed by atoms with Crippen LogP contribution in [0.25, 0.3) is 0 Å². The number of carbonyl (C=O) groups excluding carboxylic acids is 1. The molecular formula is C18H22N2O2. The molecule has 116 valence electrons. The number of hydrogen-bond donors (Lipinski definition) is 2. The summed E-state index contributed by atoms with van der Waals surface area (Å²) in [6, 6.07) is 13.1. The monoisotopic (exact) mass is 298 g/mol. The van der Waals surface area contributed by atoms with Gasteiger partial charge < -0.3 is 15.8 Å². The van der Waals surface area contributed by atoms with Crippen LogP contribution in [0.5, 0.6) is 5.75 Å². The van der Waals surface area contributed by atoms with Crippen molar-refractivity contribution in [3.05, 3.63) is 53.6 Å². The van der Waals surface area contributed by atoms with Crippen LogP contribution in [0.4, 0.5) is 11.4 Å². The molecule has 2 aromatic carbocycles. The summed E-state index contributed by atoms with van der Waals surface area (Å²) in [7, 11) is 0. The van der Waals surface area contributed by atoms with Crippen molar-refractivity contribution in [1.82, 2.24) is 0 Å². The van der Waals surface area contributed by atoms with E-state index in [1.54, 1.807) is 6.07 Å². The summed E-state index contributed by atoms with van der Waals surface area (Å²) in [6.45, 7) is 5.87. The normalized spacial score (nSPS) is 10.5. The van der Waals surface area contributed by atoms with Gasteiger partial charge in [-0.1, -0.05) is 24.3 Å². The summed E-state index contributed by atoms with van der Waals surface area (Å²) in [6.07, 6.45) is 0.331. The molecule has 0 unspecified atom stereocenters. The lowest BCUT2D eigenvalue weighted by Crippen LogP contribution is -2.16. The molecule has 0 saturated carbocycles. The van der Waals surface area contributed by atoms with Gasteiger partial charge in [0.2, 0.25) is 5.91 Å². The SMILES string of the molecule is Cc1ccc(N)cc1NC(=O)Cc1ccccc1OC(C)C. The molecule has 2 rings (SSSR count). The molecule has 4 heteroatoms. The molecule has 0 atom stereocenters. The summed E-state index contributed by atoms with van der Waals surface area (Å²) in [5.41, 5.74) is 8.99. The lowest BCUT2D eigenvalue weighted by molar-refractivity contribution is -0.115. The highest BCUT2D eigenvalue weighted by Crippen LogP contribution is 2.22. The minimum absolute atomic E-state index is 0.0698. The lowest BCUT2D eigenvalue weighted by Gasteiger charge is -2.14. The predicted molar refractivity (Wildman–Crippen MR) is 90.1 cm³/mol. The Kier molecular flexibility index (Phi) is 5.04. The van der Waals surface area contributed by atoms with Gasteiger partial charge in [0.15, 0.2) is 0 Å². The zero-order chi connectivity index (χ0) is 16.1. The molecule has 0 spiro atoms. The molecule has 3 N–H and O–H groups in total. The zero-order valence-electron chi connectivity index (χ0n) is 13.2. The van der Waals surface area contributed by atoms with Crippen molar-refractivity contribution < 1.29 is 9.53 Å². The average Bonchev–Trinajstić information content (AvgIpc) is 2.44. The molecule has 0 aliphatic carbocycles. The van der Waals surface area contributed by atoms with Gasteiger partial charge in [-0.2, -0.15) is 0 Å². The van der Waals surface area contributed by atoms with Crippen LogP contribution in [0.1, 0.15) is 25.0 Å². The number of benzene rings is 2. The third-order valence-electron chi connectivity index (χ3n) is 3.22. The maximum atomic E-state index is 12.3. The second kappa shape index (κ2) is 6.98. The van der Waals surface area contributed by atoms with E-state index in [0.717, 1.165) is 22.6 Å². The van der Waals surface area contributed by atoms with Crippen molar-refractivity contribution in [3.63, 3.8) is 0 Å². The minimum Gasteiger partial charge on any atom is -0.491 e. The Balaban J connectivity index is 2.11. The van der Waals surface area contributed by atoms with E-state index < -0.39 is 0 Å². The summed E-state index contributed by atoms with van der Waals surface area (Å²) in [5.74, 6) is 0.658. The van der Waals surface area contributed by atoms with Crippen LogP contribution < -0.4 is 15.8 Å². The van der Waals surface area contributed by atoms with E-state index >= 15 is 0 Å². The van der Waals surface area contributed by atoms with Crippen LogP contribution in [-0.2, 0) is 11.2 Å². The van der Waals surface area contributed by atoms with E-state index in [9.17, 15) is 4.79 Å². The molecule has 4 nitrogen and oxygen atoms in total. The molecule has 0 aliphatic rings. The highest BCUT2D eigenvalue weighted by molar-refractivity contribution is 5.93. The van der Waals surface area contributed by atoms with Gasteiger partial charge in [-0.05, 0) is 44.5 Å². The highest BCUT2D eigenvalue weighted by atomic mass is 16.5. The molecule has 0 aliphatic heterocycles. The second-order valence-corrected chi connectivity index (χ2v) is 5.57. The first-order valence-corrected chi connectivity index (χ1v) is 7.36. The van der Waals surface area contributed by atoms with Gasteiger partial charge in [0.25, 0.3) is 0 Å². The molecule has 0 fully saturated rings. The number of ether oxygens (including phenoxy) is 1. The van der Waals surface area contributed by atoms with Gasteiger partial charge in [-0.15, -0.1) is 0 Å². The molecule has 0 heterocycles. The van der Waals surface area contributed by atoms with E-state index in [0.29, 0.717) is 5.69 Å². The first-order valence-electron chi connectivity index (χ1n) is 7.36. The fraction of sp³-hybridized carbons (Fsp3) is 0.278. The van der Waals surface area contributed by atoms with Gasteiger partial charge in [0.05, 0.1) is 12.5 Å². The molecule has 1 amide bonds. The van der Waals surface area contributed by atoms with Gasteiger partial charge in [-0.25, -0.2) is 0 Å². The molecule has 0 aromatic heterocycles. The fourth-order valence-electron chi connectivity index (χ4n) is 2.16. The van der Waals surface area contributed by atoms with E-state index in [-0.39, 0.29) is 18.4 Å². The van der Waals surface area contributed by atoms with Gasteiger partial charge in [-0.3, -0.25) is 4.79 Å². The number of aryl methyl sites for hydroxylation is 1. The van der Waals surface area contributed by atoms with Crippen molar-refractivity contribution in [3.8, 4) is 5.75 Å². The number of para-hydroxylation sites is 1. The van der Waals surface area contributed by atoms with E-state index in [1.807, 2.05) is 57.2 Å². The Morgan fingerprint density at radius 1 is 1.23 bits per heavy atom. The second-order valence-electron chi connectivity index (χ2n) is 5.57. The summed E-state index contributed by atoms with van der Waals surface area (Å²) >= 11 is 0. The third kappa shape index (κ3) is 4.25. The van der Waals surface area contributed by atoms with Gasteiger partial charge in [0, 0.05) is 16.9 Å². The molecule has 0 saturated heterocycles. The summed E-state index contributed by atoms with van der Waals surface area (Å²) in [5, 5.41) is 2.91. The molecule has 22 heavy (non-hydrogen) atoms. The van der Waals surface area contributed by atoms with Gasteiger partial charge >= 0.3 is 0 Å². The van der Waals surface area contributed by atoms with E-state index in [2.05, 4.69) is 5.32 Å². The largest absolute Gasteiger partial charge is 0.491 e. The number of carbonyl (C=O) groups is 1. The number of amides is 1. The first kappa shape index (κ1) is 15.9. The van der Waals surface area contributed by atoms with Crippen LogP contribution >= 0.6 is 0 Å². The predicted octanol–water partition coefficient (Wildman–Crippen LogP) is 3.55. The standard InChI is InChI=1S/C18H22N2O2/c1-12(2)22-17-7-5-4-6-14(17)10-18(21)20-16-11-15(19)9-8-13(16)3/h4-9,11-12H,10,19H2,1-3H3,(H,20,21). The van der Waals surface area contributed by atoms with Crippen molar-refractivity contribution >= 4 is 17.3 Å². The number of nitrogens with two attached hydrogens (primary N) is 1. The number of nitrogens with one attached hydrogen (secondary N) is 1. The topological polar surface area (TPSA) is 64.3 Å². The van der Waals surface area contributed by atoms with Crippen LogP contribution in [0.2, 0.25) is 0 Å². The minimum atomic E-state index is -0.0893. The van der Waals surface area contributed by atoms with Crippen molar-refractivity contribution in [2.45, 2.75) is 33.3 Å². The number of nitrogen functional groups attached to an aromatic ring is 1. The smallest absolute Gasteiger partial charge is 0.228 e.